The maximum atomic E-state index is 10.6. The minimum absolute atomic E-state index is 0.319. The number of nitrogens with zero attached hydrogens (tertiary/aromatic N) is 2. The standard InChI is InChI=1S/C17H21N3O4S/c1-24-17-8-6-16(7-9-17)19-18-13-15-5-4-11-20(14-15)10-2-3-12-25(21,22)23/h4-9,11,13-14,19H,2-3,10,12H2,1H3. The van der Waals surface area contributed by atoms with E-state index < -0.39 is 10.1 Å². The second kappa shape index (κ2) is 9.14. The van der Waals surface area contributed by atoms with Gasteiger partial charge in [0.25, 0.3) is 0 Å². The summed E-state index contributed by atoms with van der Waals surface area (Å²) in [5.74, 6) is 0.462. The van der Waals surface area contributed by atoms with Gasteiger partial charge >= 0.3 is 0 Å². The summed E-state index contributed by atoms with van der Waals surface area (Å²) in [6.45, 7) is 0.642. The number of hydrazone groups is 1. The minimum atomic E-state index is -4.13. The van der Waals surface area contributed by atoms with E-state index in [9.17, 15) is 13.0 Å². The Bertz CT molecular complexity index is 805. The number of methoxy groups -OCH3 is 1. The van der Waals surface area contributed by atoms with Crippen LogP contribution in [0.15, 0.2) is 53.9 Å². The molecule has 0 radical (unpaired) electrons. The van der Waals surface area contributed by atoms with Crippen LogP contribution in [-0.2, 0) is 16.7 Å². The van der Waals surface area contributed by atoms with E-state index in [4.69, 9.17) is 4.74 Å². The zero-order valence-electron chi connectivity index (χ0n) is 14.0. The van der Waals surface area contributed by atoms with Crippen LogP contribution in [0.3, 0.4) is 0 Å². The predicted molar refractivity (Wildman–Crippen MR) is 94.6 cm³/mol. The molecule has 7 nitrogen and oxygen atoms in total. The van der Waals surface area contributed by atoms with E-state index in [1.54, 1.807) is 13.3 Å². The van der Waals surface area contributed by atoms with E-state index in [2.05, 4.69) is 10.5 Å². The number of rotatable bonds is 9. The lowest BCUT2D eigenvalue weighted by Gasteiger charge is -2.04. The van der Waals surface area contributed by atoms with Crippen LogP contribution in [0.4, 0.5) is 5.69 Å². The average molecular weight is 363 g/mol. The summed E-state index contributed by atoms with van der Waals surface area (Å²) in [6, 6.07) is 11.2. The molecule has 2 aromatic rings. The number of hydrogen-bond donors (Lipinski definition) is 1. The molecule has 0 atom stereocenters. The van der Waals surface area contributed by atoms with Crippen molar-refractivity contribution in [3.8, 4) is 5.75 Å². The first-order valence-electron chi connectivity index (χ1n) is 7.82. The molecule has 0 unspecified atom stereocenters. The molecule has 134 valence electrons. The van der Waals surface area contributed by atoms with Crippen molar-refractivity contribution in [3.05, 3.63) is 54.4 Å². The molecule has 0 saturated heterocycles. The third kappa shape index (κ3) is 7.32. The number of pyridine rings is 1. The van der Waals surface area contributed by atoms with Crippen LogP contribution in [0.25, 0.3) is 0 Å². The lowest BCUT2D eigenvalue weighted by Crippen LogP contribution is -2.33. The van der Waals surface area contributed by atoms with Crippen LogP contribution in [0.5, 0.6) is 5.75 Å². The Balaban J connectivity index is 1.85. The predicted octanol–water partition coefficient (Wildman–Crippen LogP) is 1.75. The highest BCUT2D eigenvalue weighted by Crippen LogP contribution is 2.14. The highest BCUT2D eigenvalue weighted by atomic mass is 32.2. The van der Waals surface area contributed by atoms with Crippen molar-refractivity contribution < 1.29 is 22.3 Å². The Labute approximate surface area is 147 Å². The summed E-state index contributed by atoms with van der Waals surface area (Å²) in [5.41, 5.74) is 4.69. The number of unbranched alkanes of at least 4 members (excludes halogenated alkanes) is 1. The summed E-state index contributed by atoms with van der Waals surface area (Å²) in [4.78, 5) is 0. The van der Waals surface area contributed by atoms with Gasteiger partial charge in [-0.3, -0.25) is 5.43 Å². The molecule has 1 aromatic heterocycles. The van der Waals surface area contributed by atoms with E-state index in [1.165, 1.54) is 0 Å². The zero-order valence-corrected chi connectivity index (χ0v) is 14.8. The molecule has 8 heteroatoms. The van der Waals surface area contributed by atoms with Crippen molar-refractivity contribution in [3.63, 3.8) is 0 Å². The van der Waals surface area contributed by atoms with E-state index in [-0.39, 0.29) is 5.75 Å². The van der Waals surface area contributed by atoms with Crippen molar-refractivity contribution in [2.24, 2.45) is 5.10 Å². The number of aromatic nitrogens is 1. The zero-order chi connectivity index (χ0) is 18.1. The first-order chi connectivity index (χ1) is 12.0. The Morgan fingerprint density at radius 2 is 2.00 bits per heavy atom. The first-order valence-corrected chi connectivity index (χ1v) is 9.40. The normalized spacial score (nSPS) is 11.6. The quantitative estimate of drug-likeness (QED) is 0.241. The smallest absolute Gasteiger partial charge is 0.177 e. The van der Waals surface area contributed by atoms with Crippen LogP contribution < -0.4 is 14.7 Å². The van der Waals surface area contributed by atoms with Gasteiger partial charge < -0.3 is 9.29 Å². The number of ether oxygens (including phenoxy) is 1. The Hall–Kier alpha value is -2.45. The van der Waals surface area contributed by atoms with E-state index >= 15 is 0 Å². The van der Waals surface area contributed by atoms with Gasteiger partial charge in [0.05, 0.1) is 34.7 Å². The molecule has 25 heavy (non-hydrogen) atoms. The van der Waals surface area contributed by atoms with Gasteiger partial charge in [0.2, 0.25) is 0 Å². The molecule has 2 rings (SSSR count). The first kappa shape index (κ1) is 18.9. The van der Waals surface area contributed by atoms with Gasteiger partial charge in [-0.2, -0.15) is 5.10 Å². The number of hydrogen-bond acceptors (Lipinski definition) is 6. The Kier molecular flexibility index (Phi) is 6.91. The Morgan fingerprint density at radius 3 is 2.68 bits per heavy atom. The average Bonchev–Trinajstić information content (AvgIpc) is 2.59. The molecule has 0 aliphatic heterocycles. The molecule has 0 amide bonds. The maximum absolute atomic E-state index is 10.6. The fourth-order valence-corrected chi connectivity index (χ4v) is 2.74. The van der Waals surface area contributed by atoms with Crippen LogP contribution in [0.1, 0.15) is 18.4 Å². The molecule has 0 spiro atoms. The number of aryl methyl sites for hydroxylation is 1. The van der Waals surface area contributed by atoms with Crippen molar-refractivity contribution >= 4 is 22.0 Å². The lowest BCUT2D eigenvalue weighted by molar-refractivity contribution is -0.697. The molecule has 1 heterocycles. The van der Waals surface area contributed by atoms with Gasteiger partial charge in [0.15, 0.2) is 12.4 Å². The van der Waals surface area contributed by atoms with Gasteiger partial charge in [-0.1, -0.05) is 0 Å². The van der Waals surface area contributed by atoms with Crippen molar-refractivity contribution in [2.75, 3.05) is 18.3 Å². The van der Waals surface area contributed by atoms with E-state index in [1.807, 2.05) is 53.4 Å². The van der Waals surface area contributed by atoms with Crippen molar-refractivity contribution in [1.29, 1.82) is 0 Å². The molecule has 0 aliphatic rings. The third-order valence-electron chi connectivity index (χ3n) is 3.44. The van der Waals surface area contributed by atoms with Gasteiger partial charge in [-0.05, 0) is 36.8 Å². The SMILES string of the molecule is COc1ccc(NN=Cc2ccc[n+](CCCCS(=O)(=O)[O-])c2)cc1. The van der Waals surface area contributed by atoms with Crippen LogP contribution in [-0.4, -0.2) is 32.0 Å². The monoisotopic (exact) mass is 363 g/mol. The summed E-state index contributed by atoms with van der Waals surface area (Å²) in [5, 5.41) is 4.19. The van der Waals surface area contributed by atoms with Gasteiger partial charge in [0, 0.05) is 18.2 Å². The summed E-state index contributed by atoms with van der Waals surface area (Å²) in [7, 11) is -2.51. The second-order valence-electron chi connectivity index (χ2n) is 5.44. The van der Waals surface area contributed by atoms with Gasteiger partial charge in [-0.25, -0.2) is 13.0 Å². The number of benzene rings is 1. The van der Waals surface area contributed by atoms with Gasteiger partial charge in [0.1, 0.15) is 12.3 Å². The fraction of sp³-hybridized carbons (Fsp3) is 0.294. The summed E-state index contributed by atoms with van der Waals surface area (Å²) >= 11 is 0. The maximum Gasteiger partial charge on any atom is 0.177 e. The lowest BCUT2D eigenvalue weighted by atomic mass is 10.3. The molecule has 1 N–H and O–H groups in total. The number of nitrogens with one attached hydrogen (secondary N) is 1. The molecule has 1 aromatic carbocycles. The molecular weight excluding hydrogens is 342 g/mol. The molecule has 0 aliphatic carbocycles. The third-order valence-corrected chi connectivity index (χ3v) is 4.23. The topological polar surface area (TPSA) is 94.7 Å². The summed E-state index contributed by atoms with van der Waals surface area (Å²) < 4.78 is 38.8. The molecule has 0 fully saturated rings. The Morgan fingerprint density at radius 1 is 1.24 bits per heavy atom. The van der Waals surface area contributed by atoms with Crippen LogP contribution in [0, 0.1) is 0 Å². The second-order valence-corrected chi connectivity index (χ2v) is 6.97. The fourth-order valence-electron chi connectivity index (χ4n) is 2.18. The highest BCUT2D eigenvalue weighted by Gasteiger charge is 2.03. The molecule has 0 bridgehead atoms. The molecule has 0 saturated carbocycles. The molecular formula is C17H21N3O4S. The minimum Gasteiger partial charge on any atom is -0.748 e. The van der Waals surface area contributed by atoms with Crippen LogP contribution in [0.2, 0.25) is 0 Å². The van der Waals surface area contributed by atoms with E-state index in [0.717, 1.165) is 17.0 Å². The van der Waals surface area contributed by atoms with Gasteiger partial charge in [-0.15, -0.1) is 0 Å². The largest absolute Gasteiger partial charge is 0.748 e. The number of anilines is 1. The van der Waals surface area contributed by atoms with Crippen molar-refractivity contribution in [1.82, 2.24) is 0 Å². The summed E-state index contributed by atoms with van der Waals surface area (Å²) in [6.07, 6.45) is 6.47. The van der Waals surface area contributed by atoms with Crippen molar-refractivity contribution in [2.45, 2.75) is 19.4 Å². The van der Waals surface area contributed by atoms with Crippen LogP contribution >= 0.6 is 0 Å². The van der Waals surface area contributed by atoms with E-state index in [0.29, 0.717) is 19.4 Å². The highest BCUT2D eigenvalue weighted by molar-refractivity contribution is 7.85.